The number of benzene rings is 1. The van der Waals surface area contributed by atoms with Gasteiger partial charge in [-0.3, -0.25) is 5.10 Å². The van der Waals surface area contributed by atoms with Crippen molar-refractivity contribution in [1.29, 1.82) is 5.26 Å². The monoisotopic (exact) mass is 385 g/mol. The van der Waals surface area contributed by atoms with E-state index in [1.165, 1.54) is 5.56 Å². The van der Waals surface area contributed by atoms with Crippen LogP contribution in [-0.2, 0) is 19.3 Å². The van der Waals surface area contributed by atoms with E-state index in [1.54, 1.807) is 0 Å². The average molecular weight is 385 g/mol. The lowest BCUT2D eigenvalue weighted by Crippen LogP contribution is -2.19. The Balaban J connectivity index is 1.75. The highest BCUT2D eigenvalue weighted by Gasteiger charge is 2.37. The Kier molecular flexibility index (Phi) is 4.24. The van der Waals surface area contributed by atoms with Crippen LogP contribution >= 0.6 is 0 Å². The van der Waals surface area contributed by atoms with Gasteiger partial charge < -0.3 is 10.5 Å². The van der Waals surface area contributed by atoms with E-state index in [4.69, 9.17) is 15.5 Å². The van der Waals surface area contributed by atoms with Crippen molar-refractivity contribution in [2.75, 3.05) is 5.73 Å². The van der Waals surface area contributed by atoms with Crippen molar-refractivity contribution in [2.45, 2.75) is 51.4 Å². The van der Waals surface area contributed by atoms with E-state index in [1.807, 2.05) is 24.3 Å². The molecule has 0 spiro atoms. The number of nitrogens with zero attached hydrogens (tertiary/aromatic N) is 3. The number of aromatic nitrogens is 3. The third kappa shape index (κ3) is 2.77. The van der Waals surface area contributed by atoms with Crippen LogP contribution in [0.2, 0.25) is 0 Å². The van der Waals surface area contributed by atoms with Gasteiger partial charge in [0.2, 0.25) is 11.8 Å². The van der Waals surface area contributed by atoms with Crippen molar-refractivity contribution in [1.82, 2.24) is 15.2 Å². The molecule has 0 saturated heterocycles. The lowest BCUT2D eigenvalue weighted by atomic mass is 9.80. The summed E-state index contributed by atoms with van der Waals surface area (Å²) in [5.41, 5.74) is 14.5. The molecule has 1 aromatic carbocycles. The standard InChI is InChI=1S/C23H23N5O/c1-2-5-17-19-18(14-10-8-13(12-24)9-11-14)20-21(25)15-6-3-4-7-16(15)26-22(20)29-23(19)28-27-17/h8-11,18H,2-7H2,1H3,(H2,25,26)(H,27,28). The molecule has 1 aliphatic heterocycles. The van der Waals surface area contributed by atoms with Gasteiger partial charge in [0.05, 0.1) is 17.2 Å². The molecule has 2 aliphatic rings. The lowest BCUT2D eigenvalue weighted by Gasteiger charge is -2.30. The first-order valence-corrected chi connectivity index (χ1v) is 10.3. The van der Waals surface area contributed by atoms with Crippen LogP contribution in [0, 0.1) is 11.3 Å². The number of nitrogen functional groups attached to an aromatic ring is 1. The predicted molar refractivity (Wildman–Crippen MR) is 110 cm³/mol. The van der Waals surface area contributed by atoms with Crippen LogP contribution < -0.4 is 10.5 Å². The zero-order valence-corrected chi connectivity index (χ0v) is 16.5. The van der Waals surface area contributed by atoms with Crippen molar-refractivity contribution < 1.29 is 4.74 Å². The van der Waals surface area contributed by atoms with Crippen molar-refractivity contribution >= 4 is 5.69 Å². The molecule has 6 heteroatoms. The molecule has 29 heavy (non-hydrogen) atoms. The summed E-state index contributed by atoms with van der Waals surface area (Å²) in [6.45, 7) is 2.15. The summed E-state index contributed by atoms with van der Waals surface area (Å²) < 4.78 is 6.16. The smallest absolute Gasteiger partial charge is 0.244 e. The minimum atomic E-state index is -0.110. The first kappa shape index (κ1) is 17.7. The average Bonchev–Trinajstić information content (AvgIpc) is 3.15. The molecule has 0 radical (unpaired) electrons. The minimum Gasteiger partial charge on any atom is -0.418 e. The van der Waals surface area contributed by atoms with Gasteiger partial charge in [0.1, 0.15) is 0 Å². The van der Waals surface area contributed by atoms with Crippen LogP contribution in [0.1, 0.15) is 71.3 Å². The Morgan fingerprint density at radius 1 is 1.17 bits per heavy atom. The van der Waals surface area contributed by atoms with Gasteiger partial charge in [0.25, 0.3) is 0 Å². The quantitative estimate of drug-likeness (QED) is 0.545. The number of ether oxygens (including phenoxy) is 1. The molecule has 3 N–H and O–H groups in total. The molecule has 1 atom stereocenters. The zero-order chi connectivity index (χ0) is 20.0. The first-order chi connectivity index (χ1) is 14.2. The van der Waals surface area contributed by atoms with E-state index in [0.717, 1.165) is 72.3 Å². The van der Waals surface area contributed by atoms with Gasteiger partial charge in [-0.1, -0.05) is 25.5 Å². The second-order valence-electron chi connectivity index (χ2n) is 7.82. The third-order valence-electron chi connectivity index (χ3n) is 6.01. The number of pyridine rings is 1. The molecule has 6 nitrogen and oxygen atoms in total. The Hall–Kier alpha value is -3.33. The number of hydrogen-bond acceptors (Lipinski definition) is 5. The normalized spacial score (nSPS) is 16.9. The Morgan fingerprint density at radius 2 is 1.97 bits per heavy atom. The highest BCUT2D eigenvalue weighted by molar-refractivity contribution is 5.69. The maximum atomic E-state index is 9.20. The Morgan fingerprint density at radius 3 is 2.72 bits per heavy atom. The van der Waals surface area contributed by atoms with Crippen LogP contribution in [0.3, 0.4) is 0 Å². The second kappa shape index (κ2) is 6.93. The highest BCUT2D eigenvalue weighted by Crippen LogP contribution is 2.51. The molecule has 3 heterocycles. The third-order valence-corrected chi connectivity index (χ3v) is 6.01. The number of H-pyrrole nitrogens is 1. The summed E-state index contributed by atoms with van der Waals surface area (Å²) in [5, 5.41) is 16.8. The van der Waals surface area contributed by atoms with Crippen molar-refractivity contribution in [3.05, 3.63) is 63.5 Å². The Labute approximate surface area is 169 Å². The van der Waals surface area contributed by atoms with Gasteiger partial charge in [-0.25, -0.2) is 4.98 Å². The fourth-order valence-corrected chi connectivity index (χ4v) is 4.62. The largest absolute Gasteiger partial charge is 0.418 e. The van der Waals surface area contributed by atoms with Gasteiger partial charge in [-0.05, 0) is 55.4 Å². The van der Waals surface area contributed by atoms with Crippen LogP contribution in [0.5, 0.6) is 11.8 Å². The minimum absolute atomic E-state index is 0.110. The summed E-state index contributed by atoms with van der Waals surface area (Å²) >= 11 is 0. The maximum Gasteiger partial charge on any atom is 0.244 e. The van der Waals surface area contributed by atoms with E-state index >= 15 is 0 Å². The summed E-state index contributed by atoms with van der Waals surface area (Å²) in [6.07, 6.45) is 6.04. The number of nitriles is 1. The highest BCUT2D eigenvalue weighted by atomic mass is 16.5. The van der Waals surface area contributed by atoms with E-state index in [9.17, 15) is 5.26 Å². The molecule has 0 fully saturated rings. The molecule has 1 aliphatic carbocycles. The zero-order valence-electron chi connectivity index (χ0n) is 16.5. The van der Waals surface area contributed by atoms with Crippen LogP contribution in [0.25, 0.3) is 0 Å². The van der Waals surface area contributed by atoms with Gasteiger partial charge in [-0.2, -0.15) is 5.26 Å². The summed E-state index contributed by atoms with van der Waals surface area (Å²) in [7, 11) is 0. The van der Waals surface area contributed by atoms with Crippen molar-refractivity contribution in [3.63, 3.8) is 0 Å². The number of anilines is 1. The number of nitrogens with one attached hydrogen (secondary N) is 1. The van der Waals surface area contributed by atoms with Gasteiger partial charge in [0.15, 0.2) is 0 Å². The SMILES string of the molecule is CCCc1[nH]nc2c1C(c1ccc(C#N)cc1)c1c(nc3c(c1N)CCCC3)O2. The second-order valence-corrected chi connectivity index (χ2v) is 7.82. The molecule has 3 aromatic rings. The molecule has 0 amide bonds. The van der Waals surface area contributed by atoms with Gasteiger partial charge in [-0.15, -0.1) is 5.10 Å². The molecule has 0 bridgehead atoms. The Bertz CT molecular complexity index is 1120. The van der Waals surface area contributed by atoms with Crippen molar-refractivity contribution in [2.24, 2.45) is 0 Å². The van der Waals surface area contributed by atoms with E-state index in [0.29, 0.717) is 17.3 Å². The fraction of sp³-hybridized carbons (Fsp3) is 0.348. The number of fused-ring (bicyclic) bond motifs is 3. The molecule has 146 valence electrons. The van der Waals surface area contributed by atoms with E-state index in [-0.39, 0.29) is 5.92 Å². The maximum absolute atomic E-state index is 9.20. The van der Waals surface area contributed by atoms with Crippen LogP contribution in [0.15, 0.2) is 24.3 Å². The van der Waals surface area contributed by atoms with E-state index in [2.05, 4.69) is 23.2 Å². The molecular formula is C23H23N5O. The van der Waals surface area contributed by atoms with Crippen LogP contribution in [0.4, 0.5) is 5.69 Å². The number of hydrogen-bond donors (Lipinski definition) is 2. The van der Waals surface area contributed by atoms with E-state index < -0.39 is 0 Å². The molecular weight excluding hydrogens is 362 g/mol. The number of aryl methyl sites for hydroxylation is 2. The topological polar surface area (TPSA) is 101 Å². The molecule has 1 unspecified atom stereocenters. The van der Waals surface area contributed by atoms with Crippen molar-refractivity contribution in [3.8, 4) is 17.8 Å². The summed E-state index contributed by atoms with van der Waals surface area (Å²) in [5.74, 6) is 1.04. The number of nitrogens with two attached hydrogens (primary N) is 1. The molecule has 0 saturated carbocycles. The summed E-state index contributed by atoms with van der Waals surface area (Å²) in [4.78, 5) is 4.87. The van der Waals surface area contributed by atoms with Gasteiger partial charge >= 0.3 is 0 Å². The lowest BCUT2D eigenvalue weighted by molar-refractivity contribution is 0.414. The number of aromatic amines is 1. The first-order valence-electron chi connectivity index (χ1n) is 10.3. The summed E-state index contributed by atoms with van der Waals surface area (Å²) in [6, 6.07) is 9.91. The molecule has 2 aromatic heterocycles. The van der Waals surface area contributed by atoms with Gasteiger partial charge in [0, 0.05) is 28.6 Å². The number of rotatable bonds is 3. The fourth-order valence-electron chi connectivity index (χ4n) is 4.62. The molecule has 5 rings (SSSR count). The van der Waals surface area contributed by atoms with Crippen LogP contribution in [-0.4, -0.2) is 15.2 Å². The predicted octanol–water partition coefficient (Wildman–Crippen LogP) is 4.38.